The highest BCUT2D eigenvalue weighted by atomic mass is 32.2. The molecule has 0 saturated carbocycles. The minimum atomic E-state index is -4.02. The van der Waals surface area contributed by atoms with Crippen LogP contribution in [-0.2, 0) is 20.0 Å². The predicted octanol–water partition coefficient (Wildman–Crippen LogP) is 1.33. The van der Waals surface area contributed by atoms with Crippen LogP contribution in [0.4, 0.5) is 10.1 Å². The van der Waals surface area contributed by atoms with Gasteiger partial charge in [-0.3, -0.25) is 9.71 Å². The zero-order valence-electron chi connectivity index (χ0n) is 11.5. The highest BCUT2D eigenvalue weighted by Crippen LogP contribution is 2.25. The second-order valence-corrected chi connectivity index (χ2v) is 9.30. The third-order valence-electron chi connectivity index (χ3n) is 2.64. The van der Waals surface area contributed by atoms with E-state index in [1.54, 1.807) is 0 Å². The van der Waals surface area contributed by atoms with Crippen LogP contribution in [0.5, 0.6) is 0 Å². The Bertz CT molecular complexity index is 877. The van der Waals surface area contributed by atoms with E-state index in [0.29, 0.717) is 0 Å². The van der Waals surface area contributed by atoms with E-state index < -0.39 is 31.6 Å². The standard InChI is InChI=1S/C11H12FN3O4S3/c1-15(2)22(18,19)8-3-4-9(12)10(5-8)14-21(16,17)11-6-13-7-20-11/h3-7,14H,1-2H3. The van der Waals surface area contributed by atoms with Crippen LogP contribution in [0.3, 0.4) is 0 Å². The zero-order chi connectivity index (χ0) is 16.5. The molecule has 0 fully saturated rings. The first-order chi connectivity index (χ1) is 10.1. The van der Waals surface area contributed by atoms with Crippen molar-refractivity contribution in [3.05, 3.63) is 35.7 Å². The molecule has 22 heavy (non-hydrogen) atoms. The van der Waals surface area contributed by atoms with Crippen molar-refractivity contribution in [2.45, 2.75) is 9.10 Å². The van der Waals surface area contributed by atoms with E-state index in [-0.39, 0.29) is 9.10 Å². The Morgan fingerprint density at radius 3 is 2.45 bits per heavy atom. The van der Waals surface area contributed by atoms with Gasteiger partial charge < -0.3 is 0 Å². The molecular formula is C11H12FN3O4S3. The lowest BCUT2D eigenvalue weighted by Gasteiger charge is -2.13. The minimum Gasteiger partial charge on any atom is -0.276 e. The SMILES string of the molecule is CN(C)S(=O)(=O)c1ccc(F)c(NS(=O)(=O)c2cncs2)c1. The van der Waals surface area contributed by atoms with E-state index in [9.17, 15) is 21.2 Å². The zero-order valence-corrected chi connectivity index (χ0v) is 14.0. The van der Waals surface area contributed by atoms with Crippen LogP contribution in [0, 0.1) is 5.82 Å². The monoisotopic (exact) mass is 365 g/mol. The van der Waals surface area contributed by atoms with Crippen LogP contribution in [-0.4, -0.2) is 40.2 Å². The maximum Gasteiger partial charge on any atom is 0.273 e. The van der Waals surface area contributed by atoms with Gasteiger partial charge in [0, 0.05) is 14.1 Å². The topological polar surface area (TPSA) is 96.4 Å². The summed E-state index contributed by atoms with van der Waals surface area (Å²) in [5, 5.41) is 0. The van der Waals surface area contributed by atoms with E-state index in [2.05, 4.69) is 4.98 Å². The molecule has 1 aromatic heterocycles. The van der Waals surface area contributed by atoms with Crippen molar-refractivity contribution in [2.24, 2.45) is 0 Å². The Balaban J connectivity index is 2.45. The van der Waals surface area contributed by atoms with Crippen LogP contribution in [0.1, 0.15) is 0 Å². The summed E-state index contributed by atoms with van der Waals surface area (Å²) < 4.78 is 64.8. The molecule has 7 nitrogen and oxygen atoms in total. The van der Waals surface area contributed by atoms with Gasteiger partial charge in [0.15, 0.2) is 4.21 Å². The number of hydrogen-bond acceptors (Lipinski definition) is 6. The number of aromatic nitrogens is 1. The van der Waals surface area contributed by atoms with Gasteiger partial charge in [-0.2, -0.15) is 0 Å². The largest absolute Gasteiger partial charge is 0.276 e. The fraction of sp³-hybridized carbons (Fsp3) is 0.182. The maximum absolute atomic E-state index is 13.8. The van der Waals surface area contributed by atoms with Gasteiger partial charge in [0.25, 0.3) is 10.0 Å². The second-order valence-electron chi connectivity index (χ2n) is 4.36. The number of halogens is 1. The maximum atomic E-state index is 13.8. The third-order valence-corrected chi connectivity index (χ3v) is 7.08. The molecule has 11 heteroatoms. The van der Waals surface area contributed by atoms with Crippen molar-refractivity contribution in [1.82, 2.24) is 9.29 Å². The van der Waals surface area contributed by atoms with E-state index in [4.69, 9.17) is 0 Å². The highest BCUT2D eigenvalue weighted by molar-refractivity contribution is 7.94. The number of benzene rings is 1. The molecule has 1 N–H and O–H groups in total. The molecule has 0 spiro atoms. The number of anilines is 1. The summed E-state index contributed by atoms with van der Waals surface area (Å²) in [6.07, 6.45) is 1.12. The van der Waals surface area contributed by atoms with Crippen LogP contribution in [0.2, 0.25) is 0 Å². The van der Waals surface area contributed by atoms with Gasteiger partial charge in [0.2, 0.25) is 10.0 Å². The molecule has 1 heterocycles. The summed E-state index contributed by atoms with van der Waals surface area (Å²) in [6.45, 7) is 0. The molecule has 0 unspecified atom stereocenters. The fourth-order valence-electron chi connectivity index (χ4n) is 1.49. The molecule has 0 aliphatic heterocycles. The van der Waals surface area contributed by atoms with Crippen LogP contribution in [0.25, 0.3) is 0 Å². The Labute approximate surface area is 131 Å². The van der Waals surface area contributed by atoms with Crippen molar-refractivity contribution in [3.63, 3.8) is 0 Å². The average Bonchev–Trinajstić information content (AvgIpc) is 2.95. The summed E-state index contributed by atoms with van der Waals surface area (Å²) in [5.74, 6) is -0.884. The molecule has 120 valence electrons. The average molecular weight is 365 g/mol. The number of hydrogen-bond donors (Lipinski definition) is 1. The summed E-state index contributed by atoms with van der Waals surface area (Å²) >= 11 is 0.859. The predicted molar refractivity (Wildman–Crippen MR) is 80.2 cm³/mol. The minimum absolute atomic E-state index is 0.104. The number of thiazole rings is 1. The number of sulfonamides is 2. The van der Waals surface area contributed by atoms with E-state index >= 15 is 0 Å². The van der Waals surface area contributed by atoms with Crippen molar-refractivity contribution >= 4 is 37.1 Å². The first-order valence-electron chi connectivity index (χ1n) is 5.78. The van der Waals surface area contributed by atoms with Gasteiger partial charge in [-0.15, -0.1) is 11.3 Å². The molecular weight excluding hydrogens is 353 g/mol. The molecule has 0 atom stereocenters. The third kappa shape index (κ3) is 3.27. The van der Waals surface area contributed by atoms with Crippen molar-refractivity contribution < 1.29 is 21.2 Å². The quantitative estimate of drug-likeness (QED) is 0.862. The first kappa shape index (κ1) is 16.8. The van der Waals surface area contributed by atoms with Crippen molar-refractivity contribution in [1.29, 1.82) is 0 Å². The summed E-state index contributed by atoms with van der Waals surface area (Å²) in [4.78, 5) is 3.41. The smallest absolute Gasteiger partial charge is 0.273 e. The van der Waals surface area contributed by atoms with Gasteiger partial charge in [-0.05, 0) is 18.2 Å². The van der Waals surface area contributed by atoms with E-state index in [0.717, 1.165) is 40.0 Å². The molecule has 0 radical (unpaired) electrons. The number of nitrogens with one attached hydrogen (secondary N) is 1. The molecule has 0 saturated heterocycles. The van der Waals surface area contributed by atoms with Gasteiger partial charge in [0.05, 0.1) is 22.3 Å². The van der Waals surface area contributed by atoms with Crippen LogP contribution < -0.4 is 4.72 Å². The summed E-state index contributed by atoms with van der Waals surface area (Å²) in [7, 11) is -5.18. The number of nitrogens with zero attached hydrogens (tertiary/aromatic N) is 2. The van der Waals surface area contributed by atoms with Gasteiger partial charge >= 0.3 is 0 Å². The summed E-state index contributed by atoms with van der Waals surface area (Å²) in [5.41, 5.74) is 0.869. The summed E-state index contributed by atoms with van der Waals surface area (Å²) in [6, 6.07) is 2.89. The molecule has 0 amide bonds. The Morgan fingerprint density at radius 2 is 1.91 bits per heavy atom. The van der Waals surface area contributed by atoms with E-state index in [1.807, 2.05) is 4.72 Å². The van der Waals surface area contributed by atoms with E-state index in [1.165, 1.54) is 19.6 Å². The Hall–Kier alpha value is -1.56. The van der Waals surface area contributed by atoms with Crippen LogP contribution in [0.15, 0.2) is 39.0 Å². The highest BCUT2D eigenvalue weighted by Gasteiger charge is 2.22. The van der Waals surface area contributed by atoms with Crippen molar-refractivity contribution in [2.75, 3.05) is 18.8 Å². The lowest BCUT2D eigenvalue weighted by Crippen LogP contribution is -2.22. The lowest BCUT2D eigenvalue weighted by molar-refractivity contribution is 0.520. The lowest BCUT2D eigenvalue weighted by atomic mass is 10.3. The normalized spacial score (nSPS) is 12.5. The van der Waals surface area contributed by atoms with Gasteiger partial charge in [-0.25, -0.2) is 25.5 Å². The molecule has 0 bridgehead atoms. The van der Waals surface area contributed by atoms with Gasteiger partial charge in [0.1, 0.15) is 5.82 Å². The Kier molecular flexibility index (Phi) is 4.52. The van der Waals surface area contributed by atoms with Gasteiger partial charge in [-0.1, -0.05) is 0 Å². The molecule has 2 rings (SSSR count). The second kappa shape index (κ2) is 5.91. The molecule has 2 aromatic rings. The fourth-order valence-corrected chi connectivity index (χ4v) is 4.27. The Morgan fingerprint density at radius 1 is 1.23 bits per heavy atom. The van der Waals surface area contributed by atoms with Crippen LogP contribution >= 0.6 is 11.3 Å². The molecule has 0 aliphatic rings. The first-order valence-corrected chi connectivity index (χ1v) is 9.58. The van der Waals surface area contributed by atoms with Crippen molar-refractivity contribution in [3.8, 4) is 0 Å². The number of rotatable bonds is 5. The molecule has 0 aliphatic carbocycles. The molecule has 1 aromatic carbocycles.